The number of alkyl halides is 3. The Morgan fingerprint density at radius 2 is 1.62 bits per heavy atom. The van der Waals surface area contributed by atoms with Crippen molar-refractivity contribution in [1.82, 2.24) is 10.2 Å². The van der Waals surface area contributed by atoms with Crippen molar-refractivity contribution in [3.05, 3.63) is 42.1 Å². The van der Waals surface area contributed by atoms with Crippen LogP contribution in [-0.4, -0.2) is 24.9 Å². The molecule has 2 aromatic rings. The lowest BCUT2D eigenvalue weighted by atomic mass is 10.3. The van der Waals surface area contributed by atoms with Gasteiger partial charge in [0.15, 0.2) is 15.5 Å². The van der Waals surface area contributed by atoms with Gasteiger partial charge in [-0.3, -0.25) is 0 Å². The third-order valence-corrected chi connectivity index (χ3v) is 3.53. The molecule has 0 N–H and O–H groups in total. The lowest BCUT2D eigenvalue weighted by molar-refractivity contribution is -0.141. The van der Waals surface area contributed by atoms with E-state index in [4.69, 9.17) is 4.74 Å². The molecule has 2 rings (SSSR count). The normalized spacial score (nSPS) is 12.2. The predicted molar refractivity (Wildman–Crippen MR) is 66.7 cm³/mol. The number of ether oxygens (including phenoxy) is 1. The van der Waals surface area contributed by atoms with Gasteiger partial charge in [-0.05, 0) is 30.3 Å². The molecular formula is C12H9F3N2O3S. The van der Waals surface area contributed by atoms with E-state index in [-0.39, 0.29) is 16.5 Å². The van der Waals surface area contributed by atoms with Gasteiger partial charge in [-0.1, -0.05) is 0 Å². The summed E-state index contributed by atoms with van der Waals surface area (Å²) in [6.07, 6.45) is -3.51. The quantitative estimate of drug-likeness (QED) is 0.870. The highest BCUT2D eigenvalue weighted by molar-refractivity contribution is 7.90. The zero-order valence-electron chi connectivity index (χ0n) is 10.6. The highest BCUT2D eigenvalue weighted by atomic mass is 32.2. The fraction of sp³-hybridized carbons (Fsp3) is 0.167. The van der Waals surface area contributed by atoms with Gasteiger partial charge < -0.3 is 4.74 Å². The Kier molecular flexibility index (Phi) is 3.86. The van der Waals surface area contributed by atoms with Gasteiger partial charge in [0.25, 0.3) is 0 Å². The highest BCUT2D eigenvalue weighted by Crippen LogP contribution is 2.28. The van der Waals surface area contributed by atoms with Gasteiger partial charge in [0, 0.05) is 12.3 Å². The topological polar surface area (TPSA) is 69.2 Å². The summed E-state index contributed by atoms with van der Waals surface area (Å²) in [5.74, 6) is 0.103. The van der Waals surface area contributed by atoms with Crippen molar-refractivity contribution in [2.24, 2.45) is 0 Å². The number of aromatic nitrogens is 2. The van der Waals surface area contributed by atoms with Gasteiger partial charge in [0.05, 0.1) is 4.90 Å². The van der Waals surface area contributed by atoms with E-state index in [0.29, 0.717) is 0 Å². The number of nitrogens with zero attached hydrogens (tertiary/aromatic N) is 2. The first-order valence-electron chi connectivity index (χ1n) is 5.55. The fourth-order valence-electron chi connectivity index (χ4n) is 1.40. The third kappa shape index (κ3) is 3.91. The second kappa shape index (κ2) is 5.32. The van der Waals surface area contributed by atoms with Crippen LogP contribution in [0.1, 0.15) is 5.69 Å². The predicted octanol–water partition coefficient (Wildman–Crippen LogP) is 2.69. The first-order valence-corrected chi connectivity index (χ1v) is 7.44. The van der Waals surface area contributed by atoms with Crippen molar-refractivity contribution in [3.8, 4) is 11.6 Å². The standard InChI is InChI=1S/C12H9F3N2O3S/c1-21(18,19)9-4-2-8(3-5-9)20-11-7-6-10(16-17-11)12(13,14)15/h2-7H,1H3. The number of benzene rings is 1. The summed E-state index contributed by atoms with van der Waals surface area (Å²) in [6, 6.07) is 7.16. The van der Waals surface area contributed by atoms with Crippen LogP contribution in [0.3, 0.4) is 0 Å². The van der Waals surface area contributed by atoms with Gasteiger partial charge in [-0.2, -0.15) is 13.2 Å². The molecule has 0 saturated carbocycles. The van der Waals surface area contributed by atoms with Crippen LogP contribution >= 0.6 is 0 Å². The van der Waals surface area contributed by atoms with E-state index in [1.807, 2.05) is 0 Å². The number of halogens is 3. The molecule has 0 bridgehead atoms. The van der Waals surface area contributed by atoms with Crippen molar-refractivity contribution in [3.63, 3.8) is 0 Å². The molecule has 9 heteroatoms. The van der Waals surface area contributed by atoms with Gasteiger partial charge in [-0.25, -0.2) is 8.42 Å². The minimum atomic E-state index is -4.57. The Bertz CT molecular complexity index is 726. The van der Waals surface area contributed by atoms with Crippen molar-refractivity contribution in [1.29, 1.82) is 0 Å². The molecule has 0 amide bonds. The van der Waals surface area contributed by atoms with E-state index < -0.39 is 21.7 Å². The minimum absolute atomic E-state index is 0.105. The smallest absolute Gasteiger partial charge is 0.435 e. The average molecular weight is 318 g/mol. The van der Waals surface area contributed by atoms with Crippen LogP contribution in [0.15, 0.2) is 41.3 Å². The number of hydrogen-bond acceptors (Lipinski definition) is 5. The Balaban J connectivity index is 2.15. The Morgan fingerprint density at radius 3 is 2.05 bits per heavy atom. The maximum Gasteiger partial charge on any atom is 0.435 e. The largest absolute Gasteiger partial charge is 0.438 e. The zero-order valence-corrected chi connectivity index (χ0v) is 11.4. The molecule has 0 radical (unpaired) electrons. The minimum Gasteiger partial charge on any atom is -0.438 e. The van der Waals surface area contributed by atoms with E-state index in [9.17, 15) is 21.6 Å². The van der Waals surface area contributed by atoms with Gasteiger partial charge in [-0.15, -0.1) is 10.2 Å². The maximum atomic E-state index is 12.3. The third-order valence-electron chi connectivity index (χ3n) is 2.40. The second-order valence-electron chi connectivity index (χ2n) is 4.10. The molecule has 0 spiro atoms. The molecule has 1 heterocycles. The molecule has 0 aliphatic carbocycles. The summed E-state index contributed by atoms with van der Waals surface area (Å²) in [7, 11) is -3.32. The van der Waals surface area contributed by atoms with E-state index in [0.717, 1.165) is 18.4 Å². The number of sulfone groups is 1. The molecule has 0 saturated heterocycles. The summed E-state index contributed by atoms with van der Waals surface area (Å²) < 4.78 is 64.6. The summed E-state index contributed by atoms with van der Waals surface area (Å²) in [5.41, 5.74) is -1.12. The molecule has 21 heavy (non-hydrogen) atoms. The first kappa shape index (κ1) is 15.2. The fourth-order valence-corrected chi connectivity index (χ4v) is 2.03. The molecule has 0 aliphatic rings. The Hall–Kier alpha value is -2.16. The SMILES string of the molecule is CS(=O)(=O)c1ccc(Oc2ccc(C(F)(F)F)nn2)cc1. The zero-order chi connectivity index (χ0) is 15.7. The van der Waals surface area contributed by atoms with E-state index in [1.165, 1.54) is 24.3 Å². The molecule has 0 aliphatic heterocycles. The molecule has 1 aromatic carbocycles. The number of rotatable bonds is 3. The Labute approximate surface area is 118 Å². The van der Waals surface area contributed by atoms with Crippen LogP contribution in [0.4, 0.5) is 13.2 Å². The lowest BCUT2D eigenvalue weighted by Crippen LogP contribution is -2.08. The summed E-state index contributed by atoms with van der Waals surface area (Å²) in [4.78, 5) is 0.105. The Morgan fingerprint density at radius 1 is 1.00 bits per heavy atom. The van der Waals surface area contributed by atoms with E-state index >= 15 is 0 Å². The van der Waals surface area contributed by atoms with Crippen LogP contribution in [0, 0.1) is 0 Å². The van der Waals surface area contributed by atoms with Crippen molar-refractivity contribution >= 4 is 9.84 Å². The van der Waals surface area contributed by atoms with Crippen LogP contribution in [0.25, 0.3) is 0 Å². The average Bonchev–Trinajstić information content (AvgIpc) is 2.38. The first-order chi connectivity index (χ1) is 9.66. The molecule has 5 nitrogen and oxygen atoms in total. The second-order valence-corrected chi connectivity index (χ2v) is 6.12. The molecule has 1 aromatic heterocycles. The van der Waals surface area contributed by atoms with Crippen LogP contribution in [0.5, 0.6) is 11.6 Å². The highest BCUT2D eigenvalue weighted by Gasteiger charge is 2.32. The molecule has 0 unspecified atom stereocenters. The van der Waals surface area contributed by atoms with Gasteiger partial charge in [0.1, 0.15) is 5.75 Å². The summed E-state index contributed by atoms with van der Waals surface area (Å²) in [6.45, 7) is 0. The van der Waals surface area contributed by atoms with Crippen molar-refractivity contribution in [2.75, 3.05) is 6.26 Å². The molecule has 0 fully saturated rings. The van der Waals surface area contributed by atoms with Gasteiger partial charge >= 0.3 is 6.18 Å². The van der Waals surface area contributed by atoms with E-state index in [2.05, 4.69) is 10.2 Å². The maximum absolute atomic E-state index is 12.3. The van der Waals surface area contributed by atoms with Crippen molar-refractivity contribution in [2.45, 2.75) is 11.1 Å². The molecular weight excluding hydrogens is 309 g/mol. The number of hydrogen-bond donors (Lipinski definition) is 0. The van der Waals surface area contributed by atoms with Gasteiger partial charge in [0.2, 0.25) is 5.88 Å². The van der Waals surface area contributed by atoms with Crippen LogP contribution in [0.2, 0.25) is 0 Å². The van der Waals surface area contributed by atoms with Crippen LogP contribution < -0.4 is 4.74 Å². The van der Waals surface area contributed by atoms with E-state index in [1.54, 1.807) is 0 Å². The van der Waals surface area contributed by atoms with Crippen LogP contribution in [-0.2, 0) is 16.0 Å². The molecule has 112 valence electrons. The summed E-state index contributed by atoms with van der Waals surface area (Å²) in [5, 5.41) is 6.31. The lowest BCUT2D eigenvalue weighted by Gasteiger charge is -2.07. The monoisotopic (exact) mass is 318 g/mol. The van der Waals surface area contributed by atoms with Crippen molar-refractivity contribution < 1.29 is 26.3 Å². The summed E-state index contributed by atoms with van der Waals surface area (Å²) >= 11 is 0. The molecule has 0 atom stereocenters.